The van der Waals surface area contributed by atoms with E-state index < -0.39 is 5.97 Å². The number of carbonyl (C=O) groups excluding carboxylic acids is 1. The lowest BCUT2D eigenvalue weighted by atomic mass is 10.1. The van der Waals surface area contributed by atoms with Gasteiger partial charge in [0.15, 0.2) is 0 Å². The number of amides is 1. The molecule has 1 aromatic rings. The van der Waals surface area contributed by atoms with Gasteiger partial charge in [-0.1, -0.05) is 0 Å². The van der Waals surface area contributed by atoms with Gasteiger partial charge in [0.05, 0.1) is 5.56 Å². The number of carbonyl (C=O) groups is 2. The first kappa shape index (κ1) is 15.2. The van der Waals surface area contributed by atoms with Crippen LogP contribution in [0.3, 0.4) is 0 Å². The van der Waals surface area contributed by atoms with Crippen LogP contribution in [-0.4, -0.2) is 30.2 Å². The molecule has 0 unspecified atom stereocenters. The maximum atomic E-state index is 11.6. The van der Waals surface area contributed by atoms with E-state index in [-0.39, 0.29) is 11.5 Å². The Hall–Kier alpha value is -1.88. The summed E-state index contributed by atoms with van der Waals surface area (Å²) in [6, 6.07) is 4.74. The molecular formula is C14H19NO4. The third-order valence-electron chi connectivity index (χ3n) is 2.64. The molecule has 5 heteroatoms. The third kappa shape index (κ3) is 5.09. The second-order valence-electron chi connectivity index (χ2n) is 4.18. The first-order chi connectivity index (χ1) is 9.04. The second kappa shape index (κ2) is 7.53. The first-order valence-electron chi connectivity index (χ1n) is 6.26. The summed E-state index contributed by atoms with van der Waals surface area (Å²) in [5.74, 6) is -1.06. The molecule has 0 bridgehead atoms. The fourth-order valence-electron chi connectivity index (χ4n) is 1.68. The molecule has 0 heterocycles. The Labute approximate surface area is 112 Å². The van der Waals surface area contributed by atoms with Crippen LogP contribution in [0.4, 0.5) is 5.69 Å². The molecule has 1 aromatic carbocycles. The van der Waals surface area contributed by atoms with E-state index in [1.807, 2.05) is 6.92 Å². The van der Waals surface area contributed by atoms with Crippen molar-refractivity contribution >= 4 is 17.6 Å². The fourth-order valence-corrected chi connectivity index (χ4v) is 1.68. The molecule has 0 aliphatic rings. The summed E-state index contributed by atoms with van der Waals surface area (Å²) in [7, 11) is 0. The smallest absolute Gasteiger partial charge is 0.335 e. The van der Waals surface area contributed by atoms with E-state index in [1.54, 1.807) is 19.1 Å². The van der Waals surface area contributed by atoms with Crippen LogP contribution < -0.4 is 5.32 Å². The lowest BCUT2D eigenvalue weighted by molar-refractivity contribution is -0.116. The third-order valence-corrected chi connectivity index (χ3v) is 2.64. The summed E-state index contributed by atoms with van der Waals surface area (Å²) in [5, 5.41) is 11.6. The van der Waals surface area contributed by atoms with E-state index in [0.29, 0.717) is 37.3 Å². The van der Waals surface area contributed by atoms with Crippen molar-refractivity contribution in [3.63, 3.8) is 0 Å². The highest BCUT2D eigenvalue weighted by Crippen LogP contribution is 2.15. The average molecular weight is 265 g/mol. The summed E-state index contributed by atoms with van der Waals surface area (Å²) in [4.78, 5) is 22.5. The molecule has 0 aliphatic carbocycles. The quantitative estimate of drug-likeness (QED) is 0.742. The van der Waals surface area contributed by atoms with Crippen molar-refractivity contribution in [2.45, 2.75) is 26.7 Å². The molecule has 0 saturated heterocycles. The van der Waals surface area contributed by atoms with Gasteiger partial charge in [-0.15, -0.1) is 0 Å². The van der Waals surface area contributed by atoms with Gasteiger partial charge in [-0.25, -0.2) is 4.79 Å². The number of carboxylic acids is 1. The van der Waals surface area contributed by atoms with E-state index in [1.165, 1.54) is 6.07 Å². The van der Waals surface area contributed by atoms with Crippen LogP contribution in [0.15, 0.2) is 18.2 Å². The zero-order chi connectivity index (χ0) is 14.3. The number of benzene rings is 1. The van der Waals surface area contributed by atoms with Crippen LogP contribution in [0.5, 0.6) is 0 Å². The number of anilines is 1. The highest BCUT2D eigenvalue weighted by atomic mass is 16.5. The van der Waals surface area contributed by atoms with Crippen LogP contribution >= 0.6 is 0 Å². The van der Waals surface area contributed by atoms with E-state index in [4.69, 9.17) is 9.84 Å². The van der Waals surface area contributed by atoms with Gasteiger partial charge < -0.3 is 15.2 Å². The SMILES string of the molecule is CCOCCCC(=O)Nc1ccc(C(=O)O)c(C)c1. The van der Waals surface area contributed by atoms with Crippen molar-refractivity contribution in [3.8, 4) is 0 Å². The summed E-state index contributed by atoms with van der Waals surface area (Å²) in [6.45, 7) is 4.83. The van der Waals surface area contributed by atoms with Crippen LogP contribution in [-0.2, 0) is 9.53 Å². The van der Waals surface area contributed by atoms with Crippen molar-refractivity contribution < 1.29 is 19.4 Å². The van der Waals surface area contributed by atoms with Gasteiger partial charge in [0.25, 0.3) is 0 Å². The van der Waals surface area contributed by atoms with Gasteiger partial charge in [-0.05, 0) is 44.0 Å². The number of hydrogen-bond donors (Lipinski definition) is 2. The molecule has 0 aromatic heterocycles. The maximum Gasteiger partial charge on any atom is 0.335 e. The van der Waals surface area contributed by atoms with Crippen molar-refractivity contribution in [1.82, 2.24) is 0 Å². The first-order valence-corrected chi connectivity index (χ1v) is 6.26. The largest absolute Gasteiger partial charge is 0.478 e. The number of hydrogen-bond acceptors (Lipinski definition) is 3. The Morgan fingerprint density at radius 2 is 2.11 bits per heavy atom. The van der Waals surface area contributed by atoms with E-state index >= 15 is 0 Å². The molecule has 0 aliphatic heterocycles. The molecule has 19 heavy (non-hydrogen) atoms. The molecule has 1 rings (SSSR count). The van der Waals surface area contributed by atoms with Gasteiger partial charge in [0.2, 0.25) is 5.91 Å². The number of aryl methyl sites for hydroxylation is 1. The van der Waals surface area contributed by atoms with Crippen molar-refractivity contribution in [3.05, 3.63) is 29.3 Å². The molecular weight excluding hydrogens is 246 g/mol. The van der Waals surface area contributed by atoms with Gasteiger partial charge in [-0.3, -0.25) is 4.79 Å². The van der Waals surface area contributed by atoms with E-state index in [2.05, 4.69) is 5.32 Å². The zero-order valence-electron chi connectivity index (χ0n) is 11.2. The highest BCUT2D eigenvalue weighted by molar-refractivity contribution is 5.93. The molecule has 0 spiro atoms. The Morgan fingerprint density at radius 1 is 1.37 bits per heavy atom. The van der Waals surface area contributed by atoms with E-state index in [9.17, 15) is 9.59 Å². The van der Waals surface area contributed by atoms with Crippen LogP contribution in [0, 0.1) is 6.92 Å². The number of ether oxygens (including phenoxy) is 1. The summed E-state index contributed by atoms with van der Waals surface area (Å²) in [6.07, 6.45) is 1.06. The molecule has 1 amide bonds. The maximum absolute atomic E-state index is 11.6. The van der Waals surface area contributed by atoms with Gasteiger partial charge in [0, 0.05) is 25.3 Å². The monoisotopic (exact) mass is 265 g/mol. The number of rotatable bonds is 7. The molecule has 0 saturated carbocycles. The average Bonchev–Trinajstić information content (AvgIpc) is 2.34. The molecule has 0 fully saturated rings. The number of carboxylic acid groups (broad SMARTS) is 1. The van der Waals surface area contributed by atoms with Crippen LogP contribution in [0.1, 0.15) is 35.7 Å². The van der Waals surface area contributed by atoms with Gasteiger partial charge >= 0.3 is 5.97 Å². The fraction of sp³-hybridized carbons (Fsp3) is 0.429. The summed E-state index contributed by atoms with van der Waals surface area (Å²) < 4.78 is 5.15. The molecule has 104 valence electrons. The van der Waals surface area contributed by atoms with Crippen LogP contribution in [0.2, 0.25) is 0 Å². The second-order valence-corrected chi connectivity index (χ2v) is 4.18. The predicted octanol–water partition coefficient (Wildman–Crippen LogP) is 2.45. The van der Waals surface area contributed by atoms with Crippen molar-refractivity contribution in [1.29, 1.82) is 0 Å². The Bertz CT molecular complexity index is 457. The standard InChI is InChI=1S/C14H19NO4/c1-3-19-8-4-5-13(16)15-11-6-7-12(14(17)18)10(2)9-11/h6-7,9H,3-5,8H2,1-2H3,(H,15,16)(H,17,18). The normalized spacial score (nSPS) is 10.2. The van der Waals surface area contributed by atoms with Crippen LogP contribution in [0.25, 0.3) is 0 Å². The lowest BCUT2D eigenvalue weighted by Crippen LogP contribution is -2.13. The topological polar surface area (TPSA) is 75.6 Å². The Morgan fingerprint density at radius 3 is 2.68 bits per heavy atom. The highest BCUT2D eigenvalue weighted by Gasteiger charge is 2.08. The zero-order valence-corrected chi connectivity index (χ0v) is 11.2. The minimum Gasteiger partial charge on any atom is -0.478 e. The number of aromatic carboxylic acids is 1. The summed E-state index contributed by atoms with van der Waals surface area (Å²) in [5.41, 5.74) is 1.48. The Balaban J connectivity index is 2.51. The minimum atomic E-state index is -0.966. The van der Waals surface area contributed by atoms with Gasteiger partial charge in [-0.2, -0.15) is 0 Å². The molecule has 5 nitrogen and oxygen atoms in total. The minimum absolute atomic E-state index is 0.0952. The van der Waals surface area contributed by atoms with Gasteiger partial charge in [0.1, 0.15) is 0 Å². The summed E-state index contributed by atoms with van der Waals surface area (Å²) >= 11 is 0. The molecule has 0 atom stereocenters. The van der Waals surface area contributed by atoms with E-state index in [0.717, 1.165) is 0 Å². The Kier molecular flexibility index (Phi) is 6.02. The number of nitrogens with one attached hydrogen (secondary N) is 1. The van der Waals surface area contributed by atoms with Crippen molar-refractivity contribution in [2.75, 3.05) is 18.5 Å². The van der Waals surface area contributed by atoms with Crippen molar-refractivity contribution in [2.24, 2.45) is 0 Å². The lowest BCUT2D eigenvalue weighted by Gasteiger charge is -2.08. The molecule has 2 N–H and O–H groups in total. The predicted molar refractivity (Wildman–Crippen MR) is 72.5 cm³/mol. The molecule has 0 radical (unpaired) electrons.